The third kappa shape index (κ3) is 6.58. The predicted octanol–water partition coefficient (Wildman–Crippen LogP) is 3.02. The van der Waals surface area contributed by atoms with Crippen molar-refractivity contribution in [3.63, 3.8) is 0 Å². The van der Waals surface area contributed by atoms with Crippen molar-refractivity contribution in [3.05, 3.63) is 58.1 Å². The van der Waals surface area contributed by atoms with Gasteiger partial charge in [0, 0.05) is 0 Å². The predicted molar refractivity (Wildman–Crippen MR) is 96.5 cm³/mol. The van der Waals surface area contributed by atoms with E-state index in [0.717, 1.165) is 16.3 Å². The molecule has 0 saturated carbocycles. The number of rotatable bonds is 10. The van der Waals surface area contributed by atoms with Crippen LogP contribution in [0.2, 0.25) is 0 Å². The fourth-order valence-electron chi connectivity index (χ4n) is 2.44. The van der Waals surface area contributed by atoms with Crippen molar-refractivity contribution in [1.82, 2.24) is 0 Å². The molecule has 0 radical (unpaired) electrons. The molecule has 0 aliphatic rings. The number of unbranched alkanes of at least 4 members (excludes halogenated alkanes) is 1. The minimum Gasteiger partial charge on any atom is -0.463 e. The van der Waals surface area contributed by atoms with Crippen LogP contribution in [0.3, 0.4) is 0 Å². The molecular weight excluding hydrogens is 354 g/mol. The summed E-state index contributed by atoms with van der Waals surface area (Å²) in [5.41, 5.74) is 0.804. The first-order chi connectivity index (χ1) is 13.0. The van der Waals surface area contributed by atoms with Crippen LogP contribution in [0.5, 0.6) is 0 Å². The lowest BCUT2D eigenvalue weighted by Crippen LogP contribution is -2.20. The lowest BCUT2D eigenvalue weighted by atomic mass is 9.98. The first-order valence-corrected chi connectivity index (χ1v) is 8.55. The van der Waals surface area contributed by atoms with Gasteiger partial charge < -0.3 is 14.3 Å². The minimum absolute atomic E-state index is 0.0528. The van der Waals surface area contributed by atoms with Gasteiger partial charge in [0.25, 0.3) is 5.09 Å². The Bertz CT molecular complexity index is 805. The molecule has 0 amide bonds. The maximum atomic E-state index is 12.2. The molecule has 0 heterocycles. The van der Waals surface area contributed by atoms with E-state index in [-0.39, 0.29) is 13.2 Å². The third-order valence-electron chi connectivity index (χ3n) is 3.96. The van der Waals surface area contributed by atoms with Gasteiger partial charge in [-0.1, -0.05) is 42.5 Å². The van der Waals surface area contributed by atoms with Crippen molar-refractivity contribution in [1.29, 1.82) is 0 Å². The van der Waals surface area contributed by atoms with Crippen molar-refractivity contribution >= 4 is 22.7 Å². The van der Waals surface area contributed by atoms with Gasteiger partial charge in [-0.3, -0.25) is 4.79 Å². The number of nitrogens with zero attached hydrogens (tertiary/aromatic N) is 1. The number of ether oxygens (including phenoxy) is 2. The maximum Gasteiger partial charge on any atom is 0.344 e. The van der Waals surface area contributed by atoms with Crippen LogP contribution in [0.15, 0.2) is 42.5 Å². The summed E-state index contributed by atoms with van der Waals surface area (Å²) in [6, 6.07) is 13.5. The molecule has 27 heavy (non-hydrogen) atoms. The standard InChI is InChI=1S/C19H21NO7/c1-14(16-9-8-15-6-2-3-7-17(15)12-16)19(22)26-13-18(21)25-10-4-5-11-27-20(23)24/h2-3,6-9,12,14H,4-5,10-11,13H2,1H3. The van der Waals surface area contributed by atoms with E-state index in [9.17, 15) is 19.7 Å². The van der Waals surface area contributed by atoms with Crippen LogP contribution in [0.1, 0.15) is 31.2 Å². The normalized spacial score (nSPS) is 11.6. The van der Waals surface area contributed by atoms with E-state index in [0.29, 0.717) is 12.8 Å². The maximum absolute atomic E-state index is 12.2. The van der Waals surface area contributed by atoms with Gasteiger partial charge in [0.05, 0.1) is 19.1 Å². The molecule has 2 aromatic carbocycles. The Hall–Kier alpha value is -3.16. The zero-order valence-corrected chi connectivity index (χ0v) is 15.0. The van der Waals surface area contributed by atoms with Crippen LogP contribution in [0, 0.1) is 10.1 Å². The molecule has 2 aromatic rings. The van der Waals surface area contributed by atoms with Gasteiger partial charge in [0.15, 0.2) is 6.61 Å². The molecule has 0 spiro atoms. The summed E-state index contributed by atoms with van der Waals surface area (Å²) < 4.78 is 9.92. The fraction of sp³-hybridized carbons (Fsp3) is 0.368. The van der Waals surface area contributed by atoms with Crippen LogP contribution in [0.4, 0.5) is 0 Å². The highest BCUT2D eigenvalue weighted by Crippen LogP contribution is 2.22. The monoisotopic (exact) mass is 375 g/mol. The molecule has 0 bridgehead atoms. The zero-order chi connectivity index (χ0) is 19.6. The Kier molecular flexibility index (Phi) is 7.54. The average Bonchev–Trinajstić information content (AvgIpc) is 2.67. The highest BCUT2D eigenvalue weighted by molar-refractivity contribution is 5.86. The largest absolute Gasteiger partial charge is 0.463 e. The Balaban J connectivity index is 1.72. The second kappa shape index (κ2) is 10.1. The highest BCUT2D eigenvalue weighted by Gasteiger charge is 2.18. The summed E-state index contributed by atoms with van der Waals surface area (Å²) in [5.74, 6) is -1.69. The van der Waals surface area contributed by atoms with Crippen molar-refractivity contribution < 1.29 is 29.0 Å². The smallest absolute Gasteiger partial charge is 0.344 e. The molecule has 0 N–H and O–H groups in total. The number of carbonyl (C=O) groups is 2. The molecule has 2 rings (SSSR count). The van der Waals surface area contributed by atoms with Crippen LogP contribution >= 0.6 is 0 Å². The second-order valence-corrected chi connectivity index (χ2v) is 5.92. The Labute approximate surface area is 156 Å². The fourth-order valence-corrected chi connectivity index (χ4v) is 2.44. The zero-order valence-electron chi connectivity index (χ0n) is 15.0. The number of esters is 2. The van der Waals surface area contributed by atoms with Crippen molar-refractivity contribution in [2.75, 3.05) is 19.8 Å². The van der Waals surface area contributed by atoms with E-state index in [2.05, 4.69) is 4.84 Å². The lowest BCUT2D eigenvalue weighted by molar-refractivity contribution is -0.757. The van der Waals surface area contributed by atoms with E-state index < -0.39 is 29.6 Å². The molecule has 1 unspecified atom stereocenters. The van der Waals surface area contributed by atoms with Gasteiger partial charge in [0.1, 0.15) is 0 Å². The Morgan fingerprint density at radius 2 is 1.74 bits per heavy atom. The molecule has 1 atom stereocenters. The number of carbonyl (C=O) groups excluding carboxylic acids is 2. The lowest BCUT2D eigenvalue weighted by Gasteiger charge is -2.12. The molecule has 0 saturated heterocycles. The molecule has 0 fully saturated rings. The highest BCUT2D eigenvalue weighted by atomic mass is 16.9. The van der Waals surface area contributed by atoms with E-state index >= 15 is 0 Å². The van der Waals surface area contributed by atoms with E-state index in [4.69, 9.17) is 9.47 Å². The summed E-state index contributed by atoms with van der Waals surface area (Å²) in [6.07, 6.45) is 0.800. The summed E-state index contributed by atoms with van der Waals surface area (Å²) in [6.45, 7) is 1.27. The van der Waals surface area contributed by atoms with Gasteiger partial charge >= 0.3 is 11.9 Å². The topological polar surface area (TPSA) is 105 Å². The van der Waals surface area contributed by atoms with Crippen molar-refractivity contribution in [2.24, 2.45) is 0 Å². The first kappa shape index (κ1) is 20.2. The molecule has 8 nitrogen and oxygen atoms in total. The molecule has 0 aliphatic carbocycles. The van der Waals surface area contributed by atoms with Crippen LogP contribution in [0.25, 0.3) is 10.8 Å². The summed E-state index contributed by atoms with van der Waals surface area (Å²) in [7, 11) is 0. The number of hydrogen-bond donors (Lipinski definition) is 0. The van der Waals surface area contributed by atoms with Crippen LogP contribution in [-0.2, 0) is 23.9 Å². The van der Waals surface area contributed by atoms with Gasteiger partial charge in [-0.15, -0.1) is 10.1 Å². The van der Waals surface area contributed by atoms with Gasteiger partial charge in [-0.2, -0.15) is 0 Å². The number of benzene rings is 2. The van der Waals surface area contributed by atoms with Gasteiger partial charge in [-0.05, 0) is 36.1 Å². The van der Waals surface area contributed by atoms with Crippen LogP contribution < -0.4 is 0 Å². The second-order valence-electron chi connectivity index (χ2n) is 5.92. The number of fused-ring (bicyclic) bond motifs is 1. The molecule has 144 valence electrons. The van der Waals surface area contributed by atoms with Crippen molar-refractivity contribution in [2.45, 2.75) is 25.7 Å². The van der Waals surface area contributed by atoms with E-state index in [1.54, 1.807) is 6.92 Å². The van der Waals surface area contributed by atoms with Gasteiger partial charge in [0.2, 0.25) is 0 Å². The number of hydrogen-bond acceptors (Lipinski definition) is 7. The van der Waals surface area contributed by atoms with E-state index in [1.807, 2.05) is 42.5 Å². The molecular formula is C19H21NO7. The Morgan fingerprint density at radius 3 is 2.48 bits per heavy atom. The van der Waals surface area contributed by atoms with E-state index in [1.165, 1.54) is 0 Å². The average molecular weight is 375 g/mol. The van der Waals surface area contributed by atoms with Gasteiger partial charge in [-0.25, -0.2) is 4.79 Å². The molecule has 8 heteroatoms. The van der Waals surface area contributed by atoms with Crippen molar-refractivity contribution in [3.8, 4) is 0 Å². The Morgan fingerprint density at radius 1 is 1.04 bits per heavy atom. The van der Waals surface area contributed by atoms with Crippen LogP contribution in [-0.4, -0.2) is 36.8 Å². The third-order valence-corrected chi connectivity index (χ3v) is 3.96. The molecule has 0 aromatic heterocycles. The summed E-state index contributed by atoms with van der Waals surface area (Å²) >= 11 is 0. The summed E-state index contributed by atoms with van der Waals surface area (Å²) in [5, 5.41) is 11.2. The quantitative estimate of drug-likeness (QED) is 0.272. The summed E-state index contributed by atoms with van der Waals surface area (Å²) in [4.78, 5) is 37.8. The minimum atomic E-state index is -0.873. The SMILES string of the molecule is CC(C(=O)OCC(=O)OCCCCO[N+](=O)[O-])c1ccc2ccccc2c1. The first-order valence-electron chi connectivity index (χ1n) is 8.55. The molecule has 0 aliphatic heterocycles.